The molecule has 25 heavy (non-hydrogen) atoms. The van der Waals surface area contributed by atoms with Gasteiger partial charge >= 0.3 is 0 Å². The monoisotopic (exact) mass is 372 g/mol. The standard InChI is InChI=1S/C17H16N4O2S2/c1-3-12-15(25-21-20-12)16(22)19-17-18-13(8-24-17)10-4-5-14-11(7-10)6-9(2)23-14/h4-5,7-9H,3,6H2,1-2H3,(H,18,19,22)/t9-/m0/s1. The number of fused-ring (bicyclic) bond motifs is 1. The fourth-order valence-corrected chi connectivity index (χ4v) is 4.17. The molecule has 0 fully saturated rings. The van der Waals surface area contributed by atoms with Gasteiger partial charge in [-0.2, -0.15) is 0 Å². The lowest BCUT2D eigenvalue weighted by Gasteiger charge is -2.03. The molecule has 0 saturated carbocycles. The molecule has 0 saturated heterocycles. The number of carbonyl (C=O) groups is 1. The molecule has 0 radical (unpaired) electrons. The minimum Gasteiger partial charge on any atom is -0.490 e. The van der Waals surface area contributed by atoms with E-state index >= 15 is 0 Å². The molecule has 1 aliphatic rings. The number of thiazole rings is 1. The number of amides is 1. The second-order valence-corrected chi connectivity index (χ2v) is 7.46. The van der Waals surface area contributed by atoms with Crippen LogP contribution in [0.4, 0.5) is 5.13 Å². The number of hydrogen-bond acceptors (Lipinski definition) is 7. The average Bonchev–Trinajstić information content (AvgIpc) is 3.31. The van der Waals surface area contributed by atoms with E-state index in [1.54, 1.807) is 0 Å². The van der Waals surface area contributed by atoms with Crippen molar-refractivity contribution in [2.75, 3.05) is 5.32 Å². The second kappa shape index (κ2) is 6.53. The zero-order chi connectivity index (χ0) is 17.4. The number of nitrogens with zero attached hydrogens (tertiary/aromatic N) is 3. The highest BCUT2D eigenvalue weighted by atomic mass is 32.1. The lowest BCUT2D eigenvalue weighted by atomic mass is 10.1. The Morgan fingerprint density at radius 2 is 2.32 bits per heavy atom. The van der Waals surface area contributed by atoms with E-state index in [4.69, 9.17) is 4.74 Å². The first-order valence-corrected chi connectivity index (χ1v) is 9.67. The molecule has 0 spiro atoms. The lowest BCUT2D eigenvalue weighted by molar-refractivity contribution is 0.102. The minimum atomic E-state index is -0.205. The molecule has 0 aliphatic carbocycles. The highest BCUT2D eigenvalue weighted by molar-refractivity contribution is 7.14. The fraction of sp³-hybridized carbons (Fsp3) is 0.294. The summed E-state index contributed by atoms with van der Waals surface area (Å²) in [5.74, 6) is 0.744. The van der Waals surface area contributed by atoms with E-state index in [0.717, 1.165) is 35.0 Å². The van der Waals surface area contributed by atoms with Crippen LogP contribution in [0.2, 0.25) is 0 Å². The summed E-state index contributed by atoms with van der Waals surface area (Å²) in [5, 5.41) is 9.33. The maximum atomic E-state index is 12.4. The van der Waals surface area contributed by atoms with Gasteiger partial charge in [-0.15, -0.1) is 16.4 Å². The summed E-state index contributed by atoms with van der Waals surface area (Å²) in [6, 6.07) is 6.10. The molecule has 2 aromatic heterocycles. The first-order chi connectivity index (χ1) is 12.1. The van der Waals surface area contributed by atoms with Gasteiger partial charge in [0.2, 0.25) is 0 Å². The van der Waals surface area contributed by atoms with Crippen molar-refractivity contribution in [3.63, 3.8) is 0 Å². The first-order valence-electron chi connectivity index (χ1n) is 8.02. The minimum absolute atomic E-state index is 0.205. The van der Waals surface area contributed by atoms with Crippen LogP contribution >= 0.6 is 22.9 Å². The maximum absolute atomic E-state index is 12.4. The van der Waals surface area contributed by atoms with Gasteiger partial charge in [-0.3, -0.25) is 10.1 Å². The molecule has 8 heteroatoms. The fourth-order valence-electron chi connectivity index (χ4n) is 2.81. The van der Waals surface area contributed by atoms with Crippen molar-refractivity contribution in [2.24, 2.45) is 0 Å². The van der Waals surface area contributed by atoms with E-state index < -0.39 is 0 Å². The predicted octanol–water partition coefficient (Wildman–Crippen LogP) is 3.80. The summed E-state index contributed by atoms with van der Waals surface area (Å²) in [6.07, 6.45) is 1.81. The van der Waals surface area contributed by atoms with Crippen LogP contribution in [0.25, 0.3) is 11.3 Å². The molecule has 3 aromatic rings. The van der Waals surface area contributed by atoms with Crippen molar-refractivity contribution in [3.05, 3.63) is 39.7 Å². The van der Waals surface area contributed by atoms with Gasteiger partial charge in [0.25, 0.3) is 5.91 Å². The molecular formula is C17H16N4O2S2. The summed E-state index contributed by atoms with van der Waals surface area (Å²) < 4.78 is 9.58. The Hall–Kier alpha value is -2.32. The van der Waals surface area contributed by atoms with E-state index in [2.05, 4.69) is 32.9 Å². The molecule has 6 nitrogen and oxygen atoms in total. The van der Waals surface area contributed by atoms with Crippen LogP contribution in [0.5, 0.6) is 5.75 Å². The van der Waals surface area contributed by atoms with Gasteiger partial charge in [-0.25, -0.2) is 4.98 Å². The van der Waals surface area contributed by atoms with Gasteiger partial charge in [-0.05, 0) is 48.6 Å². The number of anilines is 1. The van der Waals surface area contributed by atoms with Crippen LogP contribution in [-0.4, -0.2) is 26.6 Å². The molecule has 4 rings (SSSR count). The van der Waals surface area contributed by atoms with E-state index in [-0.39, 0.29) is 12.0 Å². The van der Waals surface area contributed by atoms with Crippen LogP contribution < -0.4 is 10.1 Å². The molecule has 1 N–H and O–H groups in total. The molecule has 1 amide bonds. The number of aromatic nitrogens is 3. The average molecular weight is 372 g/mol. The van der Waals surface area contributed by atoms with E-state index in [1.165, 1.54) is 16.9 Å². The molecule has 0 unspecified atom stereocenters. The van der Waals surface area contributed by atoms with Crippen molar-refractivity contribution >= 4 is 33.9 Å². The number of aryl methyl sites for hydroxylation is 1. The highest BCUT2D eigenvalue weighted by Gasteiger charge is 2.20. The number of benzene rings is 1. The maximum Gasteiger partial charge on any atom is 0.271 e. The topological polar surface area (TPSA) is 77.0 Å². The summed E-state index contributed by atoms with van der Waals surface area (Å²) >= 11 is 2.51. The third-order valence-corrected chi connectivity index (χ3v) is 5.54. The Balaban J connectivity index is 1.53. The third-order valence-electron chi connectivity index (χ3n) is 4.01. The summed E-state index contributed by atoms with van der Waals surface area (Å²) in [6.45, 7) is 4.02. The smallest absolute Gasteiger partial charge is 0.271 e. The van der Waals surface area contributed by atoms with E-state index in [1.807, 2.05) is 24.4 Å². The van der Waals surface area contributed by atoms with Crippen molar-refractivity contribution in [2.45, 2.75) is 32.8 Å². The van der Waals surface area contributed by atoms with Crippen LogP contribution in [0, 0.1) is 0 Å². The van der Waals surface area contributed by atoms with Gasteiger partial charge in [-0.1, -0.05) is 11.4 Å². The quantitative estimate of drug-likeness (QED) is 0.754. The summed E-state index contributed by atoms with van der Waals surface area (Å²) in [7, 11) is 0. The van der Waals surface area contributed by atoms with Gasteiger partial charge in [0, 0.05) is 17.4 Å². The van der Waals surface area contributed by atoms with E-state index in [0.29, 0.717) is 22.1 Å². The van der Waals surface area contributed by atoms with Crippen LogP contribution in [0.1, 0.15) is 34.8 Å². The molecule has 3 heterocycles. The number of carbonyl (C=O) groups excluding carboxylic acids is 1. The Morgan fingerprint density at radius 3 is 3.16 bits per heavy atom. The summed E-state index contributed by atoms with van der Waals surface area (Å²) in [4.78, 5) is 17.4. The van der Waals surface area contributed by atoms with Crippen molar-refractivity contribution in [3.8, 4) is 17.0 Å². The Labute approximate surface area is 153 Å². The largest absolute Gasteiger partial charge is 0.490 e. The van der Waals surface area contributed by atoms with Crippen molar-refractivity contribution in [1.82, 2.24) is 14.6 Å². The normalized spacial score (nSPS) is 15.7. The molecule has 0 bridgehead atoms. The number of rotatable bonds is 4. The van der Waals surface area contributed by atoms with Gasteiger partial charge in [0.15, 0.2) is 5.13 Å². The van der Waals surface area contributed by atoms with Gasteiger partial charge < -0.3 is 4.74 Å². The van der Waals surface area contributed by atoms with Crippen molar-refractivity contribution < 1.29 is 9.53 Å². The SMILES string of the molecule is CCc1nnsc1C(=O)Nc1nc(-c2ccc3c(c2)C[C@H](C)O3)cs1. The zero-order valence-electron chi connectivity index (χ0n) is 13.8. The van der Waals surface area contributed by atoms with Crippen LogP contribution in [0.15, 0.2) is 23.6 Å². The van der Waals surface area contributed by atoms with Crippen LogP contribution in [-0.2, 0) is 12.8 Å². The van der Waals surface area contributed by atoms with Crippen molar-refractivity contribution in [1.29, 1.82) is 0 Å². The molecule has 128 valence electrons. The lowest BCUT2D eigenvalue weighted by Crippen LogP contribution is -2.12. The molecule has 1 aliphatic heterocycles. The first kappa shape index (κ1) is 16.2. The van der Waals surface area contributed by atoms with Gasteiger partial charge in [0.1, 0.15) is 16.7 Å². The number of nitrogens with one attached hydrogen (secondary N) is 1. The molecule has 1 atom stereocenters. The van der Waals surface area contributed by atoms with E-state index in [9.17, 15) is 4.79 Å². The van der Waals surface area contributed by atoms with Crippen LogP contribution in [0.3, 0.4) is 0 Å². The summed E-state index contributed by atoms with van der Waals surface area (Å²) in [5.41, 5.74) is 3.79. The highest BCUT2D eigenvalue weighted by Crippen LogP contribution is 2.34. The number of ether oxygens (including phenoxy) is 1. The number of hydrogen-bond donors (Lipinski definition) is 1. The zero-order valence-corrected chi connectivity index (χ0v) is 15.4. The Morgan fingerprint density at radius 1 is 1.44 bits per heavy atom. The second-order valence-electron chi connectivity index (χ2n) is 5.85. The third kappa shape index (κ3) is 3.14. The molecule has 1 aromatic carbocycles. The Kier molecular flexibility index (Phi) is 4.22. The van der Waals surface area contributed by atoms with Gasteiger partial charge in [0.05, 0.1) is 11.4 Å². The molecular weight excluding hydrogens is 356 g/mol. The Bertz CT molecular complexity index is 934. The predicted molar refractivity (Wildman–Crippen MR) is 98.6 cm³/mol.